The third-order valence-corrected chi connectivity index (χ3v) is 4.33. The number of hydrogen-bond donors (Lipinski definition) is 2. The van der Waals surface area contributed by atoms with Gasteiger partial charge in [0.25, 0.3) is 5.56 Å². The van der Waals surface area contributed by atoms with E-state index in [4.69, 9.17) is 0 Å². The van der Waals surface area contributed by atoms with Gasteiger partial charge < -0.3 is 0 Å². The molecule has 0 aliphatic rings. The number of hydrazone groups is 1. The number of alkyl halides is 3. The number of halogens is 4. The lowest BCUT2D eigenvalue weighted by Crippen LogP contribution is -2.16. The van der Waals surface area contributed by atoms with Crippen molar-refractivity contribution in [1.82, 2.24) is 9.97 Å². The van der Waals surface area contributed by atoms with Crippen LogP contribution < -0.4 is 11.0 Å². The summed E-state index contributed by atoms with van der Waals surface area (Å²) in [6.07, 6.45) is -3.29. The van der Waals surface area contributed by atoms with Crippen LogP contribution in [0.25, 0.3) is 11.3 Å². The van der Waals surface area contributed by atoms with Gasteiger partial charge >= 0.3 is 6.18 Å². The Kier molecular flexibility index (Phi) is 5.97. The van der Waals surface area contributed by atoms with Crippen LogP contribution in [0.3, 0.4) is 0 Å². The maximum Gasteiger partial charge on any atom is 0.416 e. The molecular formula is C19H11F3IN5O. The summed E-state index contributed by atoms with van der Waals surface area (Å²) in [7, 11) is 0. The Labute approximate surface area is 176 Å². The number of nitrogens with one attached hydrogen (secondary N) is 2. The lowest BCUT2D eigenvalue weighted by molar-refractivity contribution is -0.137. The van der Waals surface area contributed by atoms with Crippen molar-refractivity contribution in [3.63, 3.8) is 0 Å². The fourth-order valence-corrected chi connectivity index (χ4v) is 3.15. The highest BCUT2D eigenvalue weighted by molar-refractivity contribution is 14.1. The molecule has 0 radical (unpaired) electrons. The number of rotatable bonds is 4. The molecule has 146 valence electrons. The summed E-state index contributed by atoms with van der Waals surface area (Å²) in [5.41, 5.74) is 1.83. The van der Waals surface area contributed by atoms with E-state index in [-0.39, 0.29) is 22.8 Å². The molecule has 0 aliphatic carbocycles. The number of hydrogen-bond acceptors (Lipinski definition) is 5. The van der Waals surface area contributed by atoms with Crippen molar-refractivity contribution in [1.29, 1.82) is 5.26 Å². The first-order valence-corrected chi connectivity index (χ1v) is 9.12. The molecule has 2 aromatic carbocycles. The maximum absolute atomic E-state index is 12.9. The van der Waals surface area contributed by atoms with Crippen LogP contribution in [0.1, 0.15) is 16.7 Å². The van der Waals surface area contributed by atoms with Crippen molar-refractivity contribution in [2.75, 3.05) is 5.43 Å². The Hall–Kier alpha value is -3.20. The molecule has 2 N–H and O–H groups in total. The molecule has 6 nitrogen and oxygen atoms in total. The topological polar surface area (TPSA) is 93.9 Å². The summed E-state index contributed by atoms with van der Waals surface area (Å²) >= 11 is 1.78. The molecule has 0 amide bonds. The van der Waals surface area contributed by atoms with Gasteiger partial charge in [-0.25, -0.2) is 10.4 Å². The highest BCUT2D eigenvalue weighted by Crippen LogP contribution is 2.30. The monoisotopic (exact) mass is 509 g/mol. The van der Waals surface area contributed by atoms with Crippen LogP contribution in [0.5, 0.6) is 0 Å². The first kappa shape index (κ1) is 20.5. The van der Waals surface area contributed by atoms with E-state index in [2.05, 4.69) is 20.5 Å². The number of H-pyrrole nitrogens is 1. The van der Waals surface area contributed by atoms with Gasteiger partial charge in [-0.3, -0.25) is 9.78 Å². The van der Waals surface area contributed by atoms with Crippen LogP contribution in [-0.2, 0) is 6.18 Å². The summed E-state index contributed by atoms with van der Waals surface area (Å²) in [6.45, 7) is 0. The van der Waals surface area contributed by atoms with Crippen LogP contribution in [0.4, 0.5) is 19.1 Å². The van der Waals surface area contributed by atoms with Crippen molar-refractivity contribution in [3.8, 4) is 17.3 Å². The minimum atomic E-state index is -4.47. The number of nitriles is 1. The second kappa shape index (κ2) is 8.44. The van der Waals surface area contributed by atoms with E-state index in [9.17, 15) is 23.2 Å². The molecular weight excluding hydrogens is 498 g/mol. The van der Waals surface area contributed by atoms with Crippen molar-refractivity contribution in [3.05, 3.63) is 79.1 Å². The van der Waals surface area contributed by atoms with E-state index in [1.165, 1.54) is 12.3 Å². The number of aromatic nitrogens is 2. The molecule has 0 bridgehead atoms. The van der Waals surface area contributed by atoms with Crippen LogP contribution in [0.2, 0.25) is 0 Å². The predicted molar refractivity (Wildman–Crippen MR) is 110 cm³/mol. The van der Waals surface area contributed by atoms with Gasteiger partial charge in [-0.15, -0.1) is 0 Å². The van der Waals surface area contributed by atoms with Crippen molar-refractivity contribution >= 4 is 34.8 Å². The number of benzene rings is 2. The zero-order valence-electron chi connectivity index (χ0n) is 14.5. The molecule has 0 fully saturated rings. The first-order valence-electron chi connectivity index (χ1n) is 8.04. The van der Waals surface area contributed by atoms with Crippen molar-refractivity contribution < 1.29 is 13.2 Å². The predicted octanol–water partition coefficient (Wildman–Crippen LogP) is 4.38. The Bertz CT molecular complexity index is 1170. The van der Waals surface area contributed by atoms with E-state index in [1.54, 1.807) is 52.9 Å². The van der Waals surface area contributed by atoms with Crippen LogP contribution in [-0.4, -0.2) is 16.2 Å². The van der Waals surface area contributed by atoms with Gasteiger partial charge in [-0.1, -0.05) is 30.3 Å². The van der Waals surface area contributed by atoms with Crippen LogP contribution in [0.15, 0.2) is 58.4 Å². The standard InChI is InChI=1S/C19H11F3IN5O/c20-19(21,22)13-6-11(7-14(23)8-13)10-25-28-18-26-16(12-4-2-1-3-5-12)15(9-24)17(29)27-18/h1-8,10H,(H2,26,27,28,29). The summed E-state index contributed by atoms with van der Waals surface area (Å²) in [6, 6.07) is 14.0. The fourth-order valence-electron chi connectivity index (χ4n) is 2.45. The average molecular weight is 509 g/mol. The zero-order valence-corrected chi connectivity index (χ0v) is 16.6. The normalized spacial score (nSPS) is 11.4. The quantitative estimate of drug-likeness (QED) is 0.310. The molecule has 1 heterocycles. The second-order valence-electron chi connectivity index (χ2n) is 5.76. The lowest BCUT2D eigenvalue weighted by Gasteiger charge is -2.08. The van der Waals surface area contributed by atoms with E-state index < -0.39 is 17.3 Å². The average Bonchev–Trinajstić information content (AvgIpc) is 2.67. The molecule has 0 aliphatic heterocycles. The van der Waals surface area contributed by atoms with Crippen LogP contribution in [0, 0.1) is 14.9 Å². The highest BCUT2D eigenvalue weighted by atomic mass is 127. The molecule has 0 saturated heterocycles. The molecule has 3 aromatic rings. The largest absolute Gasteiger partial charge is 0.416 e. The lowest BCUT2D eigenvalue weighted by atomic mass is 10.1. The first-order chi connectivity index (χ1) is 13.8. The summed E-state index contributed by atoms with van der Waals surface area (Å²) in [5.74, 6) is -0.0502. The third kappa shape index (κ3) is 5.00. The molecule has 0 saturated carbocycles. The highest BCUT2D eigenvalue weighted by Gasteiger charge is 2.30. The molecule has 0 spiro atoms. The molecule has 0 atom stereocenters. The van der Waals surface area contributed by atoms with Gasteiger partial charge in [0.2, 0.25) is 5.95 Å². The van der Waals surface area contributed by atoms with E-state index in [1.807, 2.05) is 6.07 Å². The van der Waals surface area contributed by atoms with Crippen molar-refractivity contribution in [2.45, 2.75) is 6.18 Å². The maximum atomic E-state index is 12.9. The molecule has 0 unspecified atom stereocenters. The van der Waals surface area contributed by atoms with Crippen LogP contribution >= 0.6 is 22.6 Å². The molecule has 10 heteroatoms. The second-order valence-corrected chi connectivity index (χ2v) is 7.00. The van der Waals surface area contributed by atoms with Gasteiger partial charge in [0, 0.05) is 9.13 Å². The Morgan fingerprint density at radius 2 is 1.93 bits per heavy atom. The minimum Gasteiger partial charge on any atom is -0.290 e. The van der Waals surface area contributed by atoms with Gasteiger partial charge in [0.15, 0.2) is 0 Å². The summed E-state index contributed by atoms with van der Waals surface area (Å²) < 4.78 is 39.1. The zero-order chi connectivity index (χ0) is 21.0. The van der Waals surface area contributed by atoms with Gasteiger partial charge in [0.1, 0.15) is 11.6 Å². The van der Waals surface area contributed by atoms with E-state index in [0.717, 1.165) is 12.1 Å². The van der Waals surface area contributed by atoms with Gasteiger partial charge in [-0.05, 0) is 46.4 Å². The van der Waals surface area contributed by atoms with E-state index >= 15 is 0 Å². The molecule has 29 heavy (non-hydrogen) atoms. The van der Waals surface area contributed by atoms with Crippen molar-refractivity contribution in [2.24, 2.45) is 5.10 Å². The number of anilines is 1. The molecule has 3 rings (SSSR count). The Morgan fingerprint density at radius 3 is 2.59 bits per heavy atom. The summed E-state index contributed by atoms with van der Waals surface area (Å²) in [4.78, 5) is 18.7. The molecule has 1 aromatic heterocycles. The smallest absolute Gasteiger partial charge is 0.290 e. The third-order valence-electron chi connectivity index (χ3n) is 3.71. The Morgan fingerprint density at radius 1 is 1.21 bits per heavy atom. The fraction of sp³-hybridized carbons (Fsp3) is 0.0526. The number of aromatic amines is 1. The van der Waals surface area contributed by atoms with E-state index in [0.29, 0.717) is 9.13 Å². The van der Waals surface area contributed by atoms with Gasteiger partial charge in [0.05, 0.1) is 17.5 Å². The number of nitrogens with zero attached hydrogens (tertiary/aromatic N) is 3. The van der Waals surface area contributed by atoms with Gasteiger partial charge in [-0.2, -0.15) is 23.5 Å². The Balaban J connectivity index is 1.91. The SMILES string of the molecule is N#Cc1c(-c2ccccc2)nc(NN=Cc2cc(I)cc(C(F)(F)F)c2)[nH]c1=O. The summed E-state index contributed by atoms with van der Waals surface area (Å²) in [5, 5.41) is 13.1. The minimum absolute atomic E-state index is 0.0502.